The van der Waals surface area contributed by atoms with Crippen molar-refractivity contribution in [2.24, 2.45) is 0 Å². The van der Waals surface area contributed by atoms with Gasteiger partial charge in [-0.2, -0.15) is 0 Å². The Kier molecular flexibility index (Phi) is 9.74. The Morgan fingerprint density at radius 1 is 1.44 bits per heavy atom. The maximum atomic E-state index is 11.4. The average Bonchev–Trinajstić information content (AvgIpc) is 2.28. The van der Waals surface area contributed by atoms with Gasteiger partial charge in [0.2, 0.25) is 5.91 Å². The molecule has 3 nitrogen and oxygen atoms in total. The highest BCUT2D eigenvalue weighted by molar-refractivity contribution is 6.17. The Morgan fingerprint density at radius 3 is 2.69 bits per heavy atom. The van der Waals surface area contributed by atoms with Crippen LogP contribution in [-0.4, -0.2) is 42.9 Å². The zero-order valence-electron chi connectivity index (χ0n) is 10.8. The van der Waals surface area contributed by atoms with Gasteiger partial charge in [-0.15, -0.1) is 11.6 Å². The summed E-state index contributed by atoms with van der Waals surface area (Å²) in [6.45, 7) is 6.02. The smallest absolute Gasteiger partial charge is 0.220 e. The van der Waals surface area contributed by atoms with Crippen LogP contribution in [0.1, 0.15) is 39.5 Å². The molecule has 16 heavy (non-hydrogen) atoms. The van der Waals surface area contributed by atoms with Crippen LogP contribution in [0.3, 0.4) is 0 Å². The van der Waals surface area contributed by atoms with Gasteiger partial charge in [-0.05, 0) is 33.2 Å². The third kappa shape index (κ3) is 7.94. The van der Waals surface area contributed by atoms with Gasteiger partial charge in [0.25, 0.3) is 0 Å². The molecule has 0 bridgehead atoms. The summed E-state index contributed by atoms with van der Waals surface area (Å²) >= 11 is 5.54. The lowest BCUT2D eigenvalue weighted by Crippen LogP contribution is -2.36. The van der Waals surface area contributed by atoms with Gasteiger partial charge in [0, 0.05) is 31.4 Å². The van der Waals surface area contributed by atoms with Gasteiger partial charge in [0.15, 0.2) is 0 Å². The van der Waals surface area contributed by atoms with Gasteiger partial charge in [-0.1, -0.05) is 6.92 Å². The second kappa shape index (κ2) is 9.91. The minimum absolute atomic E-state index is 0.141. The van der Waals surface area contributed by atoms with Crippen LogP contribution in [0.2, 0.25) is 0 Å². The van der Waals surface area contributed by atoms with E-state index in [1.165, 1.54) is 0 Å². The summed E-state index contributed by atoms with van der Waals surface area (Å²) in [7, 11) is 2.09. The molecule has 1 amide bonds. The Bertz CT molecular complexity index is 188. The maximum Gasteiger partial charge on any atom is 0.220 e. The number of unbranched alkanes of at least 4 members (excludes halogenated alkanes) is 1. The highest BCUT2D eigenvalue weighted by atomic mass is 35.5. The summed E-state index contributed by atoms with van der Waals surface area (Å²) in [5, 5.41) is 2.93. The van der Waals surface area contributed by atoms with Crippen LogP contribution in [0.15, 0.2) is 0 Å². The SMILES string of the molecule is CCC(C)N(C)CCNC(=O)CCCCCl. The van der Waals surface area contributed by atoms with E-state index in [0.717, 1.165) is 32.4 Å². The number of carbonyl (C=O) groups is 1. The molecule has 0 saturated carbocycles. The molecule has 0 radical (unpaired) electrons. The van der Waals surface area contributed by atoms with Gasteiger partial charge in [0.05, 0.1) is 0 Å². The predicted molar refractivity (Wildman–Crippen MR) is 70.0 cm³/mol. The van der Waals surface area contributed by atoms with Crippen LogP contribution in [0, 0.1) is 0 Å². The normalized spacial score (nSPS) is 12.8. The molecule has 1 atom stereocenters. The van der Waals surface area contributed by atoms with Crippen LogP contribution in [0.4, 0.5) is 0 Å². The molecule has 0 aliphatic rings. The first-order valence-electron chi connectivity index (χ1n) is 6.14. The first-order valence-corrected chi connectivity index (χ1v) is 6.68. The third-order valence-corrected chi connectivity index (χ3v) is 3.18. The molecule has 4 heteroatoms. The summed E-state index contributed by atoms with van der Waals surface area (Å²) in [6, 6.07) is 0.577. The number of rotatable bonds is 9. The van der Waals surface area contributed by atoms with E-state index in [1.54, 1.807) is 0 Å². The van der Waals surface area contributed by atoms with E-state index >= 15 is 0 Å². The lowest BCUT2D eigenvalue weighted by atomic mass is 10.2. The standard InChI is InChI=1S/C12H25ClN2O/c1-4-11(2)15(3)10-9-14-12(16)7-5-6-8-13/h11H,4-10H2,1-3H3,(H,14,16). The highest BCUT2D eigenvalue weighted by Gasteiger charge is 2.06. The molecule has 0 heterocycles. The van der Waals surface area contributed by atoms with E-state index in [2.05, 4.69) is 31.1 Å². The zero-order valence-corrected chi connectivity index (χ0v) is 11.5. The van der Waals surface area contributed by atoms with E-state index in [4.69, 9.17) is 11.6 Å². The van der Waals surface area contributed by atoms with Crippen molar-refractivity contribution in [3.05, 3.63) is 0 Å². The lowest BCUT2D eigenvalue weighted by Gasteiger charge is -2.23. The van der Waals surface area contributed by atoms with E-state index in [9.17, 15) is 4.79 Å². The van der Waals surface area contributed by atoms with E-state index < -0.39 is 0 Å². The molecule has 0 aromatic carbocycles. The monoisotopic (exact) mass is 248 g/mol. The minimum atomic E-state index is 0.141. The molecule has 0 fully saturated rings. The van der Waals surface area contributed by atoms with E-state index in [0.29, 0.717) is 18.3 Å². The fourth-order valence-corrected chi connectivity index (χ4v) is 1.56. The molecule has 96 valence electrons. The second-order valence-corrected chi connectivity index (χ2v) is 4.61. The summed E-state index contributed by atoms with van der Waals surface area (Å²) in [4.78, 5) is 13.6. The van der Waals surface area contributed by atoms with Crippen molar-refractivity contribution in [3.8, 4) is 0 Å². The number of alkyl halides is 1. The molecule has 0 aliphatic carbocycles. The van der Waals surface area contributed by atoms with Crippen molar-refractivity contribution in [1.29, 1.82) is 0 Å². The summed E-state index contributed by atoms with van der Waals surface area (Å²) in [5.41, 5.74) is 0. The van der Waals surface area contributed by atoms with Gasteiger partial charge in [0.1, 0.15) is 0 Å². The molecule has 0 aromatic rings. The predicted octanol–water partition coefficient (Wildman–Crippen LogP) is 2.24. The Hall–Kier alpha value is -0.280. The number of hydrogen-bond acceptors (Lipinski definition) is 2. The molecule has 0 aromatic heterocycles. The van der Waals surface area contributed by atoms with Crippen molar-refractivity contribution in [3.63, 3.8) is 0 Å². The Labute approximate surface area is 105 Å². The van der Waals surface area contributed by atoms with Crippen molar-refractivity contribution in [2.75, 3.05) is 26.0 Å². The molecule has 0 aliphatic heterocycles. The van der Waals surface area contributed by atoms with Crippen molar-refractivity contribution in [2.45, 2.75) is 45.6 Å². The molecule has 1 N–H and O–H groups in total. The summed E-state index contributed by atoms with van der Waals surface area (Å²) in [6.07, 6.45) is 3.54. The molecule has 0 spiro atoms. The van der Waals surface area contributed by atoms with Gasteiger partial charge in [-0.3, -0.25) is 4.79 Å². The molecular formula is C12H25ClN2O. The Balaban J connectivity index is 3.46. The maximum absolute atomic E-state index is 11.4. The van der Waals surface area contributed by atoms with Gasteiger partial charge >= 0.3 is 0 Å². The number of likely N-dealkylation sites (N-methyl/N-ethyl adjacent to an activating group) is 1. The first kappa shape index (κ1) is 15.7. The number of nitrogens with zero attached hydrogens (tertiary/aromatic N) is 1. The molecule has 1 unspecified atom stereocenters. The molecule has 0 rings (SSSR count). The number of carbonyl (C=O) groups excluding carboxylic acids is 1. The van der Waals surface area contributed by atoms with Crippen molar-refractivity contribution in [1.82, 2.24) is 10.2 Å². The molecule has 0 saturated heterocycles. The second-order valence-electron chi connectivity index (χ2n) is 4.23. The van der Waals surface area contributed by atoms with Crippen LogP contribution >= 0.6 is 11.6 Å². The lowest BCUT2D eigenvalue weighted by molar-refractivity contribution is -0.121. The quantitative estimate of drug-likeness (QED) is 0.501. The molecular weight excluding hydrogens is 224 g/mol. The van der Waals surface area contributed by atoms with Crippen molar-refractivity contribution >= 4 is 17.5 Å². The number of hydrogen-bond donors (Lipinski definition) is 1. The third-order valence-electron chi connectivity index (χ3n) is 2.92. The topological polar surface area (TPSA) is 32.3 Å². The average molecular weight is 249 g/mol. The van der Waals surface area contributed by atoms with Crippen LogP contribution in [0.5, 0.6) is 0 Å². The van der Waals surface area contributed by atoms with Crippen LogP contribution in [0.25, 0.3) is 0 Å². The number of amides is 1. The fraction of sp³-hybridized carbons (Fsp3) is 0.917. The van der Waals surface area contributed by atoms with Crippen LogP contribution in [-0.2, 0) is 4.79 Å². The summed E-state index contributed by atoms with van der Waals surface area (Å²) in [5.74, 6) is 0.784. The summed E-state index contributed by atoms with van der Waals surface area (Å²) < 4.78 is 0. The van der Waals surface area contributed by atoms with E-state index in [1.807, 2.05) is 0 Å². The highest BCUT2D eigenvalue weighted by Crippen LogP contribution is 1.99. The van der Waals surface area contributed by atoms with Crippen molar-refractivity contribution < 1.29 is 4.79 Å². The largest absolute Gasteiger partial charge is 0.355 e. The number of halogens is 1. The zero-order chi connectivity index (χ0) is 12.4. The van der Waals surface area contributed by atoms with Gasteiger partial charge in [-0.25, -0.2) is 0 Å². The minimum Gasteiger partial charge on any atom is -0.355 e. The first-order chi connectivity index (χ1) is 7.61. The Morgan fingerprint density at radius 2 is 2.12 bits per heavy atom. The van der Waals surface area contributed by atoms with E-state index in [-0.39, 0.29) is 5.91 Å². The fourth-order valence-electron chi connectivity index (χ4n) is 1.37. The van der Waals surface area contributed by atoms with Gasteiger partial charge < -0.3 is 10.2 Å². The van der Waals surface area contributed by atoms with Crippen LogP contribution < -0.4 is 5.32 Å². The number of nitrogens with one attached hydrogen (secondary N) is 1.